The Hall–Kier alpha value is -1.66. The molecule has 6 heteroatoms. The Bertz CT molecular complexity index is 544. The Balaban J connectivity index is 1.67. The van der Waals surface area contributed by atoms with Crippen LogP contribution in [0.4, 0.5) is 0 Å². The second-order valence-corrected chi connectivity index (χ2v) is 5.41. The molecule has 1 fully saturated rings. The summed E-state index contributed by atoms with van der Waals surface area (Å²) in [6.45, 7) is 1.92. The van der Waals surface area contributed by atoms with Crippen molar-refractivity contribution in [3.63, 3.8) is 0 Å². The fraction of sp³-hybridized carbons (Fsp3) is 0.385. The van der Waals surface area contributed by atoms with Crippen molar-refractivity contribution in [3.8, 4) is 10.6 Å². The fourth-order valence-electron chi connectivity index (χ4n) is 2.12. The zero-order valence-electron chi connectivity index (χ0n) is 10.4. The van der Waals surface area contributed by atoms with Gasteiger partial charge >= 0.3 is 0 Å². The molecule has 0 aromatic carbocycles. The normalized spacial score (nSPS) is 16.4. The number of nitrogens with zero attached hydrogens (tertiary/aromatic N) is 1. The molecule has 2 aromatic heterocycles. The Morgan fingerprint density at radius 3 is 3.05 bits per heavy atom. The number of hydrogen-bond acceptors (Lipinski definition) is 5. The predicted molar refractivity (Wildman–Crippen MR) is 73.2 cm³/mol. The Morgan fingerprint density at radius 1 is 1.47 bits per heavy atom. The molecule has 19 heavy (non-hydrogen) atoms. The van der Waals surface area contributed by atoms with Gasteiger partial charge in [-0.05, 0) is 32.0 Å². The van der Waals surface area contributed by atoms with E-state index in [0.717, 1.165) is 36.5 Å². The number of nitrogens with one attached hydrogen (secondary N) is 2. The molecule has 3 rings (SSSR count). The molecule has 100 valence electrons. The lowest BCUT2D eigenvalue weighted by Gasteiger charge is -2.23. The summed E-state index contributed by atoms with van der Waals surface area (Å²) in [5.74, 6) is -0.0853. The summed E-state index contributed by atoms with van der Waals surface area (Å²) in [4.78, 5) is 16.4. The zero-order valence-corrected chi connectivity index (χ0v) is 11.2. The maximum atomic E-state index is 12.1. The third-order valence-corrected chi connectivity index (χ3v) is 4.07. The first kappa shape index (κ1) is 12.4. The molecule has 0 aliphatic carbocycles. The van der Waals surface area contributed by atoms with Crippen molar-refractivity contribution >= 4 is 17.2 Å². The van der Waals surface area contributed by atoms with Gasteiger partial charge in [-0.1, -0.05) is 0 Å². The van der Waals surface area contributed by atoms with E-state index in [1.807, 2.05) is 6.07 Å². The third kappa shape index (κ3) is 2.85. The Kier molecular flexibility index (Phi) is 3.61. The van der Waals surface area contributed by atoms with Crippen LogP contribution in [0.1, 0.15) is 23.3 Å². The van der Waals surface area contributed by atoms with Gasteiger partial charge in [0.15, 0.2) is 0 Å². The highest BCUT2D eigenvalue weighted by Gasteiger charge is 2.18. The first-order valence-corrected chi connectivity index (χ1v) is 7.20. The van der Waals surface area contributed by atoms with Gasteiger partial charge in [0.25, 0.3) is 5.91 Å². The number of carbonyl (C=O) groups is 1. The van der Waals surface area contributed by atoms with Crippen molar-refractivity contribution in [3.05, 3.63) is 29.7 Å². The molecule has 5 nitrogen and oxygen atoms in total. The van der Waals surface area contributed by atoms with Gasteiger partial charge in [0.05, 0.1) is 6.26 Å². The average molecular weight is 277 g/mol. The van der Waals surface area contributed by atoms with Crippen LogP contribution in [-0.2, 0) is 0 Å². The molecule has 0 spiro atoms. The van der Waals surface area contributed by atoms with Gasteiger partial charge in [-0.3, -0.25) is 4.79 Å². The molecule has 0 radical (unpaired) electrons. The number of thiazole rings is 1. The van der Waals surface area contributed by atoms with Crippen molar-refractivity contribution < 1.29 is 9.21 Å². The second kappa shape index (κ2) is 5.54. The van der Waals surface area contributed by atoms with E-state index in [1.54, 1.807) is 17.9 Å². The van der Waals surface area contributed by atoms with E-state index in [1.165, 1.54) is 11.3 Å². The van der Waals surface area contributed by atoms with Crippen LogP contribution in [0.25, 0.3) is 10.6 Å². The largest absolute Gasteiger partial charge is 0.472 e. The first-order valence-electron chi connectivity index (χ1n) is 6.32. The summed E-state index contributed by atoms with van der Waals surface area (Å²) >= 11 is 1.45. The lowest BCUT2D eigenvalue weighted by Crippen LogP contribution is -2.42. The van der Waals surface area contributed by atoms with Crippen LogP contribution in [0.3, 0.4) is 0 Å². The van der Waals surface area contributed by atoms with Crippen LogP contribution in [0.5, 0.6) is 0 Å². The summed E-state index contributed by atoms with van der Waals surface area (Å²) in [7, 11) is 0. The molecule has 0 bridgehead atoms. The smallest absolute Gasteiger partial charge is 0.270 e. The van der Waals surface area contributed by atoms with Crippen molar-refractivity contribution in [1.82, 2.24) is 15.6 Å². The molecule has 0 saturated carbocycles. The van der Waals surface area contributed by atoms with Crippen LogP contribution in [-0.4, -0.2) is 30.0 Å². The van der Waals surface area contributed by atoms with Gasteiger partial charge in [0.2, 0.25) is 0 Å². The molecule has 1 aliphatic heterocycles. The highest BCUT2D eigenvalue weighted by molar-refractivity contribution is 7.13. The number of piperidine rings is 1. The van der Waals surface area contributed by atoms with Gasteiger partial charge in [-0.25, -0.2) is 4.98 Å². The van der Waals surface area contributed by atoms with E-state index in [2.05, 4.69) is 15.6 Å². The SMILES string of the molecule is O=C(NC1CCNCC1)c1csc(-c2ccoc2)n1. The number of furan rings is 1. The van der Waals surface area contributed by atoms with Crippen LogP contribution in [0, 0.1) is 0 Å². The molecule has 0 atom stereocenters. The summed E-state index contributed by atoms with van der Waals surface area (Å²) in [5.41, 5.74) is 1.39. The lowest BCUT2D eigenvalue weighted by atomic mass is 10.1. The van der Waals surface area contributed by atoms with Crippen molar-refractivity contribution in [2.45, 2.75) is 18.9 Å². The standard InChI is InChI=1S/C13H15N3O2S/c17-12(15-10-1-4-14-5-2-10)11-8-19-13(16-11)9-3-6-18-7-9/h3,6-8,10,14H,1-2,4-5H2,(H,15,17). The summed E-state index contributed by atoms with van der Waals surface area (Å²) in [6.07, 6.45) is 5.19. The van der Waals surface area contributed by atoms with Crippen molar-refractivity contribution in [1.29, 1.82) is 0 Å². The molecular weight excluding hydrogens is 262 g/mol. The van der Waals surface area contributed by atoms with E-state index in [4.69, 9.17) is 4.42 Å². The fourth-order valence-corrected chi connectivity index (χ4v) is 2.91. The third-order valence-electron chi connectivity index (χ3n) is 3.18. The van der Waals surface area contributed by atoms with Crippen molar-refractivity contribution in [2.24, 2.45) is 0 Å². The highest BCUT2D eigenvalue weighted by atomic mass is 32.1. The predicted octanol–water partition coefficient (Wildman–Crippen LogP) is 1.88. The van der Waals surface area contributed by atoms with Crippen LogP contribution >= 0.6 is 11.3 Å². The van der Waals surface area contributed by atoms with Gasteiger partial charge < -0.3 is 15.1 Å². The number of aromatic nitrogens is 1. The number of hydrogen-bond donors (Lipinski definition) is 2. The molecule has 2 N–H and O–H groups in total. The Morgan fingerprint density at radius 2 is 2.32 bits per heavy atom. The number of amides is 1. The topological polar surface area (TPSA) is 67.2 Å². The first-order chi connectivity index (χ1) is 9.33. The molecule has 1 amide bonds. The van der Waals surface area contributed by atoms with Crippen molar-refractivity contribution in [2.75, 3.05) is 13.1 Å². The molecular formula is C13H15N3O2S. The number of rotatable bonds is 3. The lowest BCUT2D eigenvalue weighted by molar-refractivity contribution is 0.0925. The maximum Gasteiger partial charge on any atom is 0.270 e. The van der Waals surface area contributed by atoms with Gasteiger partial charge in [-0.15, -0.1) is 11.3 Å². The zero-order chi connectivity index (χ0) is 13.1. The second-order valence-electron chi connectivity index (χ2n) is 4.55. The number of carbonyl (C=O) groups excluding carboxylic acids is 1. The van der Waals surface area contributed by atoms with E-state index < -0.39 is 0 Å². The molecule has 1 saturated heterocycles. The van der Waals surface area contributed by atoms with Gasteiger partial charge in [0, 0.05) is 17.0 Å². The minimum Gasteiger partial charge on any atom is -0.472 e. The minimum absolute atomic E-state index is 0.0853. The Labute approximate surface area is 115 Å². The van der Waals surface area contributed by atoms with E-state index in [9.17, 15) is 4.79 Å². The summed E-state index contributed by atoms with van der Waals surface area (Å²) < 4.78 is 5.02. The quantitative estimate of drug-likeness (QED) is 0.899. The molecule has 0 unspecified atom stereocenters. The maximum absolute atomic E-state index is 12.1. The summed E-state index contributed by atoms with van der Waals surface area (Å²) in [6, 6.07) is 2.10. The van der Waals surface area contributed by atoms with Gasteiger partial charge in [0.1, 0.15) is 17.0 Å². The highest BCUT2D eigenvalue weighted by Crippen LogP contribution is 2.23. The van der Waals surface area contributed by atoms with Crippen LogP contribution < -0.4 is 10.6 Å². The molecule has 2 aromatic rings. The minimum atomic E-state index is -0.0853. The average Bonchev–Trinajstić information content (AvgIpc) is 3.11. The van der Waals surface area contributed by atoms with E-state index in [0.29, 0.717) is 5.69 Å². The summed E-state index contributed by atoms with van der Waals surface area (Å²) in [5, 5.41) is 8.91. The van der Waals surface area contributed by atoms with Crippen LogP contribution in [0.15, 0.2) is 28.4 Å². The van der Waals surface area contributed by atoms with E-state index in [-0.39, 0.29) is 11.9 Å². The van der Waals surface area contributed by atoms with Gasteiger partial charge in [-0.2, -0.15) is 0 Å². The molecule has 1 aliphatic rings. The molecule has 3 heterocycles. The van der Waals surface area contributed by atoms with E-state index >= 15 is 0 Å². The van der Waals surface area contributed by atoms with Crippen LogP contribution in [0.2, 0.25) is 0 Å². The monoisotopic (exact) mass is 277 g/mol.